The van der Waals surface area contributed by atoms with Crippen LogP contribution >= 0.6 is 0 Å². The van der Waals surface area contributed by atoms with E-state index in [0.717, 1.165) is 42.6 Å². The van der Waals surface area contributed by atoms with E-state index in [2.05, 4.69) is 16.5 Å². The first kappa shape index (κ1) is 12.9. The van der Waals surface area contributed by atoms with Gasteiger partial charge in [-0.2, -0.15) is 0 Å². The van der Waals surface area contributed by atoms with Gasteiger partial charge in [-0.25, -0.2) is 4.98 Å². The number of nitrogens with zero attached hydrogens (tertiary/aromatic N) is 2. The molecule has 5 rings (SSSR count). The first-order chi connectivity index (χ1) is 9.74. The van der Waals surface area contributed by atoms with Gasteiger partial charge in [0.25, 0.3) is 0 Å². The first-order valence-corrected chi connectivity index (χ1v) is 8.45. The van der Waals surface area contributed by atoms with E-state index in [-0.39, 0.29) is 0 Å². The molecule has 1 heterocycles. The SMILES string of the molecule is Cc1ncc(CCN)n1CC1C2CC3CC(C2)CC1C3. The van der Waals surface area contributed by atoms with E-state index in [1.54, 1.807) is 6.42 Å². The van der Waals surface area contributed by atoms with Crippen molar-refractivity contribution < 1.29 is 0 Å². The number of rotatable bonds is 4. The predicted octanol–water partition coefficient (Wildman–Crippen LogP) is 2.77. The van der Waals surface area contributed by atoms with Crippen LogP contribution < -0.4 is 5.73 Å². The molecule has 110 valence electrons. The van der Waals surface area contributed by atoms with E-state index in [1.165, 1.54) is 43.7 Å². The molecular weight excluding hydrogens is 246 g/mol. The number of imidazole rings is 1. The van der Waals surface area contributed by atoms with Gasteiger partial charge >= 0.3 is 0 Å². The number of hydrogen-bond donors (Lipinski definition) is 1. The fourth-order valence-corrected chi connectivity index (χ4v) is 5.66. The molecule has 0 aliphatic heterocycles. The second-order valence-corrected chi connectivity index (χ2v) is 7.54. The van der Waals surface area contributed by atoms with Crippen LogP contribution in [-0.4, -0.2) is 16.1 Å². The lowest BCUT2D eigenvalue weighted by Gasteiger charge is -2.54. The zero-order valence-corrected chi connectivity index (χ0v) is 12.6. The van der Waals surface area contributed by atoms with E-state index >= 15 is 0 Å². The van der Waals surface area contributed by atoms with Gasteiger partial charge < -0.3 is 10.3 Å². The molecule has 0 amide bonds. The van der Waals surface area contributed by atoms with Crippen molar-refractivity contribution in [2.75, 3.05) is 6.54 Å². The summed E-state index contributed by atoms with van der Waals surface area (Å²) >= 11 is 0. The van der Waals surface area contributed by atoms with Gasteiger partial charge in [-0.3, -0.25) is 0 Å². The van der Waals surface area contributed by atoms with E-state index in [0.29, 0.717) is 0 Å². The van der Waals surface area contributed by atoms with Crippen molar-refractivity contribution in [3.63, 3.8) is 0 Å². The number of nitrogens with two attached hydrogens (primary N) is 1. The Morgan fingerprint density at radius 2 is 1.80 bits per heavy atom. The highest BCUT2D eigenvalue weighted by Gasteiger charge is 2.48. The molecule has 3 nitrogen and oxygen atoms in total. The molecule has 3 heteroatoms. The van der Waals surface area contributed by atoms with Gasteiger partial charge in [0, 0.05) is 24.9 Å². The Labute approximate surface area is 122 Å². The Hall–Kier alpha value is -0.830. The van der Waals surface area contributed by atoms with Crippen LogP contribution in [0.25, 0.3) is 0 Å². The van der Waals surface area contributed by atoms with Crippen molar-refractivity contribution in [2.24, 2.45) is 35.3 Å². The molecule has 4 fully saturated rings. The summed E-state index contributed by atoms with van der Waals surface area (Å²) in [7, 11) is 0. The van der Waals surface area contributed by atoms with E-state index in [9.17, 15) is 0 Å². The van der Waals surface area contributed by atoms with E-state index < -0.39 is 0 Å². The molecule has 1 aromatic heterocycles. The largest absolute Gasteiger partial charge is 0.332 e. The zero-order valence-electron chi connectivity index (χ0n) is 12.6. The van der Waals surface area contributed by atoms with Gasteiger partial charge in [0.05, 0.1) is 0 Å². The van der Waals surface area contributed by atoms with Crippen LogP contribution in [0.3, 0.4) is 0 Å². The molecule has 0 unspecified atom stereocenters. The van der Waals surface area contributed by atoms with Crippen molar-refractivity contribution in [2.45, 2.75) is 52.0 Å². The van der Waals surface area contributed by atoms with Crippen LogP contribution in [0.15, 0.2) is 6.20 Å². The molecule has 0 atom stereocenters. The van der Waals surface area contributed by atoms with Gasteiger partial charge in [-0.05, 0) is 75.2 Å². The molecule has 0 radical (unpaired) electrons. The molecule has 20 heavy (non-hydrogen) atoms. The molecule has 0 aromatic carbocycles. The average Bonchev–Trinajstić information content (AvgIpc) is 2.75. The summed E-state index contributed by atoms with van der Waals surface area (Å²) in [5.41, 5.74) is 7.09. The summed E-state index contributed by atoms with van der Waals surface area (Å²) in [6.07, 6.45) is 10.6. The van der Waals surface area contributed by atoms with E-state index in [1.807, 2.05) is 6.20 Å². The van der Waals surface area contributed by atoms with Crippen LogP contribution in [-0.2, 0) is 13.0 Å². The highest BCUT2D eigenvalue weighted by Crippen LogP contribution is 2.56. The van der Waals surface area contributed by atoms with Crippen LogP contribution in [0.4, 0.5) is 0 Å². The quantitative estimate of drug-likeness (QED) is 0.916. The predicted molar refractivity (Wildman–Crippen MR) is 80.3 cm³/mol. The van der Waals surface area contributed by atoms with Crippen LogP contribution in [0.2, 0.25) is 0 Å². The molecule has 4 saturated carbocycles. The Kier molecular flexibility index (Phi) is 3.13. The summed E-state index contributed by atoms with van der Waals surface area (Å²) in [5.74, 6) is 6.23. The molecule has 0 spiro atoms. The lowest BCUT2D eigenvalue weighted by atomic mass is 9.52. The third kappa shape index (κ3) is 2.02. The van der Waals surface area contributed by atoms with Crippen molar-refractivity contribution in [1.29, 1.82) is 0 Å². The van der Waals surface area contributed by atoms with Crippen LogP contribution in [0.5, 0.6) is 0 Å². The standard InChI is InChI=1S/C17H27N3/c1-11-19-9-16(2-3-18)20(11)10-17-14-5-12-4-13(7-14)8-15(17)6-12/h9,12-15,17H,2-8,10,18H2,1H3. The molecule has 0 saturated heterocycles. The van der Waals surface area contributed by atoms with Crippen LogP contribution in [0.1, 0.15) is 43.6 Å². The smallest absolute Gasteiger partial charge is 0.105 e. The van der Waals surface area contributed by atoms with Crippen molar-refractivity contribution >= 4 is 0 Å². The lowest BCUT2D eigenvalue weighted by Crippen LogP contribution is -2.46. The van der Waals surface area contributed by atoms with Crippen LogP contribution in [0, 0.1) is 36.5 Å². The minimum absolute atomic E-state index is 0.729. The van der Waals surface area contributed by atoms with Crippen molar-refractivity contribution in [3.05, 3.63) is 17.7 Å². The Morgan fingerprint density at radius 3 is 2.40 bits per heavy atom. The number of hydrogen-bond acceptors (Lipinski definition) is 2. The second-order valence-electron chi connectivity index (χ2n) is 7.54. The molecular formula is C17H27N3. The van der Waals surface area contributed by atoms with Crippen molar-refractivity contribution in [3.8, 4) is 0 Å². The summed E-state index contributed by atoms with van der Waals surface area (Å²) in [6, 6.07) is 0. The third-order valence-corrected chi connectivity index (χ3v) is 6.35. The minimum atomic E-state index is 0.729. The normalized spacial score (nSPS) is 38.6. The average molecular weight is 273 g/mol. The Bertz CT molecular complexity index is 462. The maximum Gasteiger partial charge on any atom is 0.105 e. The monoisotopic (exact) mass is 273 g/mol. The Balaban J connectivity index is 1.56. The topological polar surface area (TPSA) is 43.8 Å². The molecule has 4 aliphatic rings. The van der Waals surface area contributed by atoms with Gasteiger partial charge in [-0.1, -0.05) is 0 Å². The van der Waals surface area contributed by atoms with E-state index in [4.69, 9.17) is 5.73 Å². The third-order valence-electron chi connectivity index (χ3n) is 6.35. The first-order valence-electron chi connectivity index (χ1n) is 8.45. The molecule has 4 aliphatic carbocycles. The summed E-state index contributed by atoms with van der Waals surface area (Å²) < 4.78 is 2.47. The summed E-state index contributed by atoms with van der Waals surface area (Å²) in [4.78, 5) is 4.53. The summed E-state index contributed by atoms with van der Waals surface area (Å²) in [6.45, 7) is 4.08. The highest BCUT2D eigenvalue weighted by atomic mass is 15.1. The number of aromatic nitrogens is 2. The van der Waals surface area contributed by atoms with Gasteiger partial charge in [0.2, 0.25) is 0 Å². The number of aryl methyl sites for hydroxylation is 1. The summed E-state index contributed by atoms with van der Waals surface area (Å²) in [5, 5.41) is 0. The van der Waals surface area contributed by atoms with Gasteiger partial charge in [-0.15, -0.1) is 0 Å². The minimum Gasteiger partial charge on any atom is -0.332 e. The molecule has 4 bridgehead atoms. The molecule has 1 aromatic rings. The molecule has 2 N–H and O–H groups in total. The van der Waals surface area contributed by atoms with Crippen molar-refractivity contribution in [1.82, 2.24) is 9.55 Å². The Morgan fingerprint density at radius 1 is 1.15 bits per heavy atom. The van der Waals surface area contributed by atoms with Gasteiger partial charge in [0.15, 0.2) is 0 Å². The fourth-order valence-electron chi connectivity index (χ4n) is 5.66. The fraction of sp³-hybridized carbons (Fsp3) is 0.824. The zero-order chi connectivity index (χ0) is 13.7. The van der Waals surface area contributed by atoms with Gasteiger partial charge in [0.1, 0.15) is 5.82 Å². The lowest BCUT2D eigenvalue weighted by molar-refractivity contribution is -0.0434. The second kappa shape index (κ2) is 4.87. The maximum absolute atomic E-state index is 5.75. The highest BCUT2D eigenvalue weighted by molar-refractivity contribution is 5.07. The maximum atomic E-state index is 5.75.